The Balaban J connectivity index is 2.54. The standard InChI is InChI=1S/C14H20N2O6/c1-2-5-20-6-7-21-8-11(17)22-10-4-3-9(15)13(18)12(10)14(16)19/h3-4,18H,2,5-8,15H2,1H3,(H2,16,19). The maximum absolute atomic E-state index is 11.6. The van der Waals surface area contributed by atoms with Gasteiger partial charge in [0.15, 0.2) is 5.75 Å². The van der Waals surface area contributed by atoms with Crippen molar-refractivity contribution >= 4 is 17.6 Å². The fourth-order valence-corrected chi connectivity index (χ4v) is 1.58. The van der Waals surface area contributed by atoms with Gasteiger partial charge in [0.2, 0.25) is 0 Å². The first-order valence-corrected chi connectivity index (χ1v) is 6.74. The Kier molecular flexibility index (Phi) is 7.14. The van der Waals surface area contributed by atoms with Crippen LogP contribution < -0.4 is 16.2 Å². The average Bonchev–Trinajstić information content (AvgIpc) is 2.46. The van der Waals surface area contributed by atoms with Gasteiger partial charge in [-0.3, -0.25) is 4.79 Å². The van der Waals surface area contributed by atoms with E-state index in [9.17, 15) is 14.7 Å². The molecule has 0 bridgehead atoms. The van der Waals surface area contributed by atoms with Gasteiger partial charge in [-0.25, -0.2) is 4.79 Å². The first-order chi connectivity index (χ1) is 10.5. The molecule has 0 saturated carbocycles. The van der Waals surface area contributed by atoms with Gasteiger partial charge in [0.1, 0.15) is 17.9 Å². The molecule has 0 aromatic heterocycles. The van der Waals surface area contributed by atoms with Crippen molar-refractivity contribution in [1.29, 1.82) is 0 Å². The Bertz CT molecular complexity index is 532. The number of aromatic hydroxyl groups is 1. The summed E-state index contributed by atoms with van der Waals surface area (Å²) < 4.78 is 15.2. The van der Waals surface area contributed by atoms with Crippen LogP contribution in [0.5, 0.6) is 11.5 Å². The van der Waals surface area contributed by atoms with Crippen LogP contribution in [0.2, 0.25) is 0 Å². The third-order valence-corrected chi connectivity index (χ3v) is 2.58. The second kappa shape index (κ2) is 8.85. The van der Waals surface area contributed by atoms with Crippen LogP contribution in [0.1, 0.15) is 23.7 Å². The minimum absolute atomic E-state index is 0.0436. The normalized spacial score (nSPS) is 10.4. The number of ether oxygens (including phenoxy) is 3. The Morgan fingerprint density at radius 2 is 1.86 bits per heavy atom. The first kappa shape index (κ1) is 17.7. The predicted octanol–water partition coefficient (Wildman–Crippen LogP) is 0.422. The first-order valence-electron chi connectivity index (χ1n) is 6.74. The lowest BCUT2D eigenvalue weighted by Gasteiger charge is -2.11. The molecule has 0 atom stereocenters. The molecule has 0 saturated heterocycles. The highest BCUT2D eigenvalue weighted by Crippen LogP contribution is 2.32. The minimum Gasteiger partial charge on any atom is -0.505 e. The number of hydrogen-bond acceptors (Lipinski definition) is 7. The van der Waals surface area contributed by atoms with Gasteiger partial charge in [-0.2, -0.15) is 0 Å². The number of phenols is 1. The lowest BCUT2D eigenvalue weighted by molar-refractivity contribution is -0.140. The van der Waals surface area contributed by atoms with Gasteiger partial charge < -0.3 is 30.8 Å². The van der Waals surface area contributed by atoms with Crippen LogP contribution in [0.4, 0.5) is 5.69 Å². The third-order valence-electron chi connectivity index (χ3n) is 2.58. The molecule has 122 valence electrons. The highest BCUT2D eigenvalue weighted by Gasteiger charge is 2.19. The van der Waals surface area contributed by atoms with E-state index in [1.807, 2.05) is 6.92 Å². The summed E-state index contributed by atoms with van der Waals surface area (Å²) in [5, 5.41) is 9.69. The number of rotatable bonds is 9. The van der Waals surface area contributed by atoms with Gasteiger partial charge in [0, 0.05) is 6.61 Å². The second-order valence-electron chi connectivity index (χ2n) is 4.38. The lowest BCUT2D eigenvalue weighted by atomic mass is 10.1. The summed E-state index contributed by atoms with van der Waals surface area (Å²) in [4.78, 5) is 22.9. The zero-order valence-electron chi connectivity index (χ0n) is 12.3. The lowest BCUT2D eigenvalue weighted by Crippen LogP contribution is -2.20. The smallest absolute Gasteiger partial charge is 0.337 e. The SMILES string of the molecule is CCCOCCOCC(=O)Oc1ccc(N)c(O)c1C(N)=O. The topological polar surface area (TPSA) is 134 Å². The quantitative estimate of drug-likeness (QED) is 0.198. The fraction of sp³-hybridized carbons (Fsp3) is 0.429. The van der Waals surface area contributed by atoms with E-state index >= 15 is 0 Å². The molecule has 0 fully saturated rings. The minimum atomic E-state index is -0.957. The molecule has 22 heavy (non-hydrogen) atoms. The highest BCUT2D eigenvalue weighted by atomic mass is 16.6. The van der Waals surface area contributed by atoms with E-state index in [1.165, 1.54) is 12.1 Å². The summed E-state index contributed by atoms with van der Waals surface area (Å²) in [6.07, 6.45) is 0.901. The Morgan fingerprint density at radius 3 is 2.50 bits per heavy atom. The van der Waals surface area contributed by atoms with E-state index in [0.29, 0.717) is 13.2 Å². The summed E-state index contributed by atoms with van der Waals surface area (Å²) >= 11 is 0. The number of esters is 1. The Hall–Kier alpha value is -2.32. The van der Waals surface area contributed by atoms with Crippen LogP contribution in [-0.2, 0) is 14.3 Å². The second-order valence-corrected chi connectivity index (χ2v) is 4.38. The molecule has 0 radical (unpaired) electrons. The Morgan fingerprint density at radius 1 is 1.18 bits per heavy atom. The number of carbonyl (C=O) groups excluding carboxylic acids is 2. The van der Waals surface area contributed by atoms with Crippen LogP contribution >= 0.6 is 0 Å². The molecular formula is C14H20N2O6. The number of hydrogen-bond donors (Lipinski definition) is 3. The van der Waals surface area contributed by atoms with Crippen molar-refractivity contribution in [3.05, 3.63) is 17.7 Å². The summed E-state index contributed by atoms with van der Waals surface area (Å²) in [6, 6.07) is 2.57. The van der Waals surface area contributed by atoms with Crippen LogP contribution in [0.3, 0.4) is 0 Å². The van der Waals surface area contributed by atoms with Gasteiger partial charge >= 0.3 is 5.97 Å². The number of nitrogens with two attached hydrogens (primary N) is 2. The number of amides is 1. The predicted molar refractivity (Wildman–Crippen MR) is 78.6 cm³/mol. The molecule has 0 heterocycles. The summed E-state index contributed by atoms with van der Waals surface area (Å²) in [6.45, 7) is 2.90. The molecule has 1 rings (SSSR count). The molecule has 0 spiro atoms. The maximum atomic E-state index is 11.6. The van der Waals surface area contributed by atoms with Crippen molar-refractivity contribution < 1.29 is 28.9 Å². The van der Waals surface area contributed by atoms with Crippen molar-refractivity contribution in [2.24, 2.45) is 5.73 Å². The van der Waals surface area contributed by atoms with Crippen LogP contribution in [0.25, 0.3) is 0 Å². The third kappa shape index (κ3) is 5.23. The highest BCUT2D eigenvalue weighted by molar-refractivity contribution is 6.00. The van der Waals surface area contributed by atoms with Crippen LogP contribution in [0.15, 0.2) is 12.1 Å². The van der Waals surface area contributed by atoms with Crippen LogP contribution in [0, 0.1) is 0 Å². The largest absolute Gasteiger partial charge is 0.505 e. The molecule has 1 aromatic carbocycles. The molecule has 0 aliphatic carbocycles. The van der Waals surface area contributed by atoms with E-state index in [2.05, 4.69) is 0 Å². The molecule has 0 unspecified atom stereocenters. The monoisotopic (exact) mass is 312 g/mol. The van der Waals surface area contributed by atoms with Crippen molar-refractivity contribution in [3.63, 3.8) is 0 Å². The van der Waals surface area contributed by atoms with E-state index in [-0.39, 0.29) is 30.2 Å². The van der Waals surface area contributed by atoms with E-state index in [1.54, 1.807) is 0 Å². The molecular weight excluding hydrogens is 292 g/mol. The van der Waals surface area contributed by atoms with Crippen molar-refractivity contribution in [1.82, 2.24) is 0 Å². The van der Waals surface area contributed by atoms with E-state index in [4.69, 9.17) is 25.7 Å². The summed E-state index contributed by atoms with van der Waals surface area (Å²) in [7, 11) is 0. The Labute approximate surface area is 127 Å². The van der Waals surface area contributed by atoms with Crippen molar-refractivity contribution in [2.45, 2.75) is 13.3 Å². The molecule has 1 aromatic rings. The maximum Gasteiger partial charge on any atom is 0.337 e. The van der Waals surface area contributed by atoms with Crippen molar-refractivity contribution in [2.75, 3.05) is 32.2 Å². The van der Waals surface area contributed by atoms with E-state index in [0.717, 1.165) is 6.42 Å². The van der Waals surface area contributed by atoms with Gasteiger partial charge in [0.25, 0.3) is 5.91 Å². The number of primary amides is 1. The molecule has 1 amide bonds. The number of anilines is 1. The fourth-order valence-electron chi connectivity index (χ4n) is 1.58. The van der Waals surface area contributed by atoms with Gasteiger partial charge in [-0.1, -0.05) is 6.92 Å². The molecule has 8 heteroatoms. The van der Waals surface area contributed by atoms with E-state index < -0.39 is 17.6 Å². The van der Waals surface area contributed by atoms with Crippen molar-refractivity contribution in [3.8, 4) is 11.5 Å². The zero-order chi connectivity index (χ0) is 16.5. The number of nitrogen functional groups attached to an aromatic ring is 1. The average molecular weight is 312 g/mol. The number of carbonyl (C=O) groups is 2. The molecule has 5 N–H and O–H groups in total. The van der Waals surface area contributed by atoms with Crippen LogP contribution in [-0.4, -0.2) is 43.4 Å². The molecule has 0 aliphatic heterocycles. The molecule has 8 nitrogen and oxygen atoms in total. The summed E-state index contributed by atoms with van der Waals surface area (Å²) in [5.41, 5.74) is 10.2. The van der Waals surface area contributed by atoms with Gasteiger partial charge in [-0.15, -0.1) is 0 Å². The zero-order valence-corrected chi connectivity index (χ0v) is 12.3. The molecule has 0 aliphatic rings. The van der Waals surface area contributed by atoms with Gasteiger partial charge in [0.05, 0.1) is 18.9 Å². The van der Waals surface area contributed by atoms with Gasteiger partial charge in [-0.05, 0) is 18.6 Å². The summed E-state index contributed by atoms with van der Waals surface area (Å²) in [5.74, 6) is -2.38. The number of benzene rings is 1.